The smallest absolute Gasteiger partial charge is 0.326 e. The first kappa shape index (κ1) is 15.4. The van der Waals surface area contributed by atoms with Crippen LogP contribution in [-0.2, 0) is 24.2 Å². The first-order valence-electron chi connectivity index (χ1n) is 5.70. The number of carbonyl (C=O) groups excluding carboxylic acids is 2. The van der Waals surface area contributed by atoms with E-state index in [1.165, 1.54) is 0 Å². The summed E-state index contributed by atoms with van der Waals surface area (Å²) < 4.78 is 22.4. The maximum absolute atomic E-state index is 11.6. The van der Waals surface area contributed by atoms with Gasteiger partial charge in [-0.15, -0.1) is 0 Å². The summed E-state index contributed by atoms with van der Waals surface area (Å²) in [6.07, 6.45) is -0.172. The molecule has 0 saturated carbocycles. The average molecular weight is 292 g/mol. The van der Waals surface area contributed by atoms with E-state index in [-0.39, 0.29) is 23.8 Å². The summed E-state index contributed by atoms with van der Waals surface area (Å²) in [5, 5.41) is 11.0. The number of rotatable bonds is 6. The third-order valence-electron chi connectivity index (χ3n) is 2.84. The van der Waals surface area contributed by atoms with Crippen LogP contribution in [0.1, 0.15) is 19.3 Å². The molecule has 1 fully saturated rings. The van der Waals surface area contributed by atoms with Gasteiger partial charge in [0.15, 0.2) is 9.84 Å². The molecule has 8 nitrogen and oxygen atoms in total. The summed E-state index contributed by atoms with van der Waals surface area (Å²) in [5.41, 5.74) is 4.87. The molecule has 1 heterocycles. The van der Waals surface area contributed by atoms with Crippen LogP contribution in [0.4, 0.5) is 0 Å². The maximum Gasteiger partial charge on any atom is 0.326 e. The largest absolute Gasteiger partial charge is 0.480 e. The molecule has 1 saturated heterocycles. The van der Waals surface area contributed by atoms with E-state index in [4.69, 9.17) is 10.8 Å². The zero-order valence-corrected chi connectivity index (χ0v) is 11.0. The first-order valence-corrected chi connectivity index (χ1v) is 7.52. The van der Waals surface area contributed by atoms with Crippen molar-refractivity contribution in [2.75, 3.05) is 11.5 Å². The number of sulfone groups is 1. The predicted octanol–water partition coefficient (Wildman–Crippen LogP) is -1.74. The van der Waals surface area contributed by atoms with Crippen LogP contribution in [0.2, 0.25) is 0 Å². The van der Waals surface area contributed by atoms with E-state index >= 15 is 0 Å². The van der Waals surface area contributed by atoms with Gasteiger partial charge >= 0.3 is 5.97 Å². The molecule has 0 aromatic carbocycles. The number of carboxylic acids is 1. The molecular formula is C10H16N2O6S. The van der Waals surface area contributed by atoms with E-state index in [2.05, 4.69) is 5.32 Å². The van der Waals surface area contributed by atoms with E-state index in [9.17, 15) is 22.8 Å². The second-order valence-electron chi connectivity index (χ2n) is 4.60. The Bertz CT molecular complexity index is 486. The number of amides is 2. The Labute approximate surface area is 110 Å². The fourth-order valence-electron chi connectivity index (χ4n) is 1.95. The van der Waals surface area contributed by atoms with Crippen LogP contribution in [-0.4, -0.2) is 48.9 Å². The highest BCUT2D eigenvalue weighted by molar-refractivity contribution is 7.91. The van der Waals surface area contributed by atoms with Gasteiger partial charge < -0.3 is 16.2 Å². The minimum Gasteiger partial charge on any atom is -0.480 e. The van der Waals surface area contributed by atoms with Crippen molar-refractivity contribution in [3.63, 3.8) is 0 Å². The molecule has 1 aliphatic heterocycles. The number of primary amides is 1. The van der Waals surface area contributed by atoms with Crippen LogP contribution in [0.5, 0.6) is 0 Å². The van der Waals surface area contributed by atoms with Crippen molar-refractivity contribution in [2.45, 2.75) is 25.3 Å². The average Bonchev–Trinajstić information content (AvgIpc) is 2.56. The molecule has 108 valence electrons. The second kappa shape index (κ2) is 6.00. The minimum atomic E-state index is -3.08. The zero-order chi connectivity index (χ0) is 14.6. The first-order chi connectivity index (χ1) is 8.69. The van der Waals surface area contributed by atoms with E-state index in [0.29, 0.717) is 6.42 Å². The highest BCUT2D eigenvalue weighted by atomic mass is 32.2. The molecule has 9 heteroatoms. The van der Waals surface area contributed by atoms with Crippen molar-refractivity contribution in [2.24, 2.45) is 11.7 Å². The Morgan fingerprint density at radius 2 is 2.00 bits per heavy atom. The normalized spacial score (nSPS) is 22.6. The Balaban J connectivity index is 2.49. The standard InChI is InChI=1S/C10H16N2O6S/c11-8(13)4-7(10(15)16)12-9(14)3-6-1-2-19(17,18)5-6/h6-7H,1-5H2,(H2,11,13)(H,12,14)(H,15,16)/t6-,7-/m1/s1. The molecule has 0 radical (unpaired) electrons. The SMILES string of the molecule is NC(=O)C[C@@H](NC(=O)C[C@H]1CCS(=O)(=O)C1)C(=O)O. The van der Waals surface area contributed by atoms with Crippen LogP contribution in [0.3, 0.4) is 0 Å². The monoisotopic (exact) mass is 292 g/mol. The number of nitrogens with one attached hydrogen (secondary N) is 1. The Hall–Kier alpha value is -1.64. The molecule has 0 unspecified atom stereocenters. The lowest BCUT2D eigenvalue weighted by molar-refractivity contribution is -0.143. The number of carbonyl (C=O) groups is 3. The number of hydrogen-bond acceptors (Lipinski definition) is 5. The van der Waals surface area contributed by atoms with Crippen LogP contribution in [0.15, 0.2) is 0 Å². The summed E-state index contributed by atoms with van der Waals surface area (Å²) in [5.74, 6) is -3.09. The zero-order valence-electron chi connectivity index (χ0n) is 10.2. The highest BCUT2D eigenvalue weighted by Crippen LogP contribution is 2.21. The van der Waals surface area contributed by atoms with Crippen molar-refractivity contribution in [3.05, 3.63) is 0 Å². The van der Waals surface area contributed by atoms with Crippen LogP contribution >= 0.6 is 0 Å². The fourth-order valence-corrected chi connectivity index (χ4v) is 3.81. The van der Waals surface area contributed by atoms with Gasteiger partial charge in [0.2, 0.25) is 11.8 Å². The summed E-state index contributed by atoms with van der Waals surface area (Å²) in [4.78, 5) is 33.0. The molecule has 0 aliphatic carbocycles. The lowest BCUT2D eigenvalue weighted by Gasteiger charge is -2.14. The van der Waals surface area contributed by atoms with Gasteiger partial charge in [-0.3, -0.25) is 9.59 Å². The Kier molecular flexibility index (Phi) is 4.87. The van der Waals surface area contributed by atoms with Crippen molar-refractivity contribution in [1.29, 1.82) is 0 Å². The van der Waals surface area contributed by atoms with Crippen LogP contribution in [0.25, 0.3) is 0 Å². The predicted molar refractivity (Wildman–Crippen MR) is 64.8 cm³/mol. The number of aliphatic carboxylic acids is 1. The molecule has 0 aromatic heterocycles. The lowest BCUT2D eigenvalue weighted by Crippen LogP contribution is -2.43. The van der Waals surface area contributed by atoms with Gasteiger partial charge in [-0.05, 0) is 12.3 Å². The number of hydrogen-bond donors (Lipinski definition) is 3. The van der Waals surface area contributed by atoms with E-state index in [0.717, 1.165) is 0 Å². The maximum atomic E-state index is 11.6. The van der Waals surface area contributed by atoms with Crippen molar-refractivity contribution >= 4 is 27.6 Å². The molecule has 1 aliphatic rings. The molecular weight excluding hydrogens is 276 g/mol. The number of carboxylic acid groups (broad SMARTS) is 1. The number of nitrogens with two attached hydrogens (primary N) is 1. The quantitative estimate of drug-likeness (QED) is 0.530. The summed E-state index contributed by atoms with van der Waals surface area (Å²) >= 11 is 0. The molecule has 2 atom stereocenters. The molecule has 0 spiro atoms. The third kappa shape index (κ3) is 5.25. The summed E-state index contributed by atoms with van der Waals surface area (Å²) in [6.45, 7) is 0. The van der Waals surface area contributed by atoms with E-state index < -0.39 is 40.1 Å². The van der Waals surface area contributed by atoms with Crippen LogP contribution in [0, 0.1) is 5.92 Å². The Morgan fingerprint density at radius 1 is 1.37 bits per heavy atom. The fraction of sp³-hybridized carbons (Fsp3) is 0.700. The summed E-state index contributed by atoms with van der Waals surface area (Å²) in [6, 6.07) is -1.37. The van der Waals surface area contributed by atoms with Crippen molar-refractivity contribution < 1.29 is 27.9 Å². The molecule has 0 bridgehead atoms. The lowest BCUT2D eigenvalue weighted by atomic mass is 10.0. The minimum absolute atomic E-state index is 0.0502. The molecule has 4 N–H and O–H groups in total. The van der Waals surface area contributed by atoms with Gasteiger partial charge in [-0.1, -0.05) is 0 Å². The molecule has 0 aromatic rings. The highest BCUT2D eigenvalue weighted by Gasteiger charge is 2.30. The summed E-state index contributed by atoms with van der Waals surface area (Å²) in [7, 11) is -3.08. The van der Waals surface area contributed by atoms with Gasteiger partial charge in [0.25, 0.3) is 0 Å². The molecule has 2 amide bonds. The third-order valence-corrected chi connectivity index (χ3v) is 4.68. The molecule has 19 heavy (non-hydrogen) atoms. The topological polar surface area (TPSA) is 144 Å². The Morgan fingerprint density at radius 3 is 2.42 bits per heavy atom. The van der Waals surface area contributed by atoms with Gasteiger partial charge in [-0.25, -0.2) is 13.2 Å². The van der Waals surface area contributed by atoms with Crippen molar-refractivity contribution in [3.8, 4) is 0 Å². The second-order valence-corrected chi connectivity index (χ2v) is 6.83. The van der Waals surface area contributed by atoms with Gasteiger partial charge in [0.05, 0.1) is 17.9 Å². The van der Waals surface area contributed by atoms with Crippen molar-refractivity contribution in [1.82, 2.24) is 5.32 Å². The van der Waals surface area contributed by atoms with Crippen LogP contribution < -0.4 is 11.1 Å². The molecule has 1 rings (SSSR count). The van der Waals surface area contributed by atoms with E-state index in [1.807, 2.05) is 0 Å². The van der Waals surface area contributed by atoms with E-state index in [1.54, 1.807) is 0 Å². The van der Waals surface area contributed by atoms with Gasteiger partial charge in [0.1, 0.15) is 6.04 Å². The van der Waals surface area contributed by atoms with Gasteiger partial charge in [-0.2, -0.15) is 0 Å². The van der Waals surface area contributed by atoms with Gasteiger partial charge in [0, 0.05) is 6.42 Å².